The maximum Gasteiger partial charge on any atom is 0.349 e. The van der Waals surface area contributed by atoms with Crippen LogP contribution in [0.5, 0.6) is 0 Å². The van der Waals surface area contributed by atoms with Gasteiger partial charge in [-0.2, -0.15) is 8.78 Å². The lowest BCUT2D eigenvalue weighted by Crippen LogP contribution is -2.39. The maximum atomic E-state index is 14.2. The third-order valence-corrected chi connectivity index (χ3v) is 3.34. The second-order valence-electron chi connectivity index (χ2n) is 5.09. The van der Waals surface area contributed by atoms with Gasteiger partial charge in [0.05, 0.1) is 6.54 Å². The Morgan fingerprint density at radius 2 is 1.87 bits per heavy atom. The van der Waals surface area contributed by atoms with E-state index in [1.807, 2.05) is 0 Å². The number of carbonyl (C=O) groups is 2. The number of benzene rings is 1. The molecule has 1 aromatic heterocycles. The van der Waals surface area contributed by atoms with E-state index in [4.69, 9.17) is 9.52 Å². The van der Waals surface area contributed by atoms with Crippen molar-refractivity contribution in [1.29, 1.82) is 0 Å². The Morgan fingerprint density at radius 1 is 1.26 bits per heavy atom. The lowest BCUT2D eigenvalue weighted by Gasteiger charge is -2.22. The molecule has 1 amide bonds. The molecule has 0 aliphatic heterocycles. The van der Waals surface area contributed by atoms with Gasteiger partial charge < -0.3 is 14.4 Å². The second-order valence-corrected chi connectivity index (χ2v) is 5.09. The molecule has 0 saturated carbocycles. The van der Waals surface area contributed by atoms with Crippen LogP contribution in [-0.4, -0.2) is 28.9 Å². The first kappa shape index (κ1) is 16.7. The van der Waals surface area contributed by atoms with Gasteiger partial charge >= 0.3 is 11.9 Å². The van der Waals surface area contributed by atoms with Gasteiger partial charge in [-0.25, -0.2) is 4.79 Å². The minimum absolute atomic E-state index is 0.0596. The van der Waals surface area contributed by atoms with Crippen LogP contribution in [0, 0.1) is 6.92 Å². The number of rotatable bonds is 5. The maximum absolute atomic E-state index is 14.2. The fourth-order valence-corrected chi connectivity index (χ4v) is 2.15. The molecule has 2 aromatic rings. The van der Waals surface area contributed by atoms with Crippen LogP contribution >= 0.6 is 0 Å². The number of carboxylic acids is 1. The molecule has 0 saturated heterocycles. The molecule has 23 heavy (non-hydrogen) atoms. The zero-order valence-corrected chi connectivity index (χ0v) is 12.5. The molecular weight excluding hydrogens is 308 g/mol. The summed E-state index contributed by atoms with van der Waals surface area (Å²) in [6.45, 7) is 1.20. The predicted molar refractivity (Wildman–Crippen MR) is 77.2 cm³/mol. The zero-order valence-electron chi connectivity index (χ0n) is 12.5. The lowest BCUT2D eigenvalue weighted by atomic mass is 10.1. The minimum atomic E-state index is -3.67. The second kappa shape index (κ2) is 6.20. The fraction of sp³-hybridized carbons (Fsp3) is 0.250. The highest BCUT2D eigenvalue weighted by Crippen LogP contribution is 2.30. The van der Waals surface area contributed by atoms with Gasteiger partial charge in [0.2, 0.25) is 0 Å². The Hall–Kier alpha value is -2.70. The molecule has 122 valence electrons. The van der Waals surface area contributed by atoms with Crippen molar-refractivity contribution >= 4 is 11.9 Å². The number of aryl methyl sites for hydroxylation is 1. The van der Waals surface area contributed by atoms with Gasteiger partial charge in [-0.1, -0.05) is 30.3 Å². The molecule has 0 unspecified atom stereocenters. The minimum Gasteiger partial charge on any atom is -0.478 e. The van der Waals surface area contributed by atoms with Crippen molar-refractivity contribution in [3.63, 3.8) is 0 Å². The van der Waals surface area contributed by atoms with Crippen molar-refractivity contribution in [2.75, 3.05) is 7.05 Å². The van der Waals surface area contributed by atoms with E-state index in [0.29, 0.717) is 0 Å². The van der Waals surface area contributed by atoms with E-state index in [1.54, 1.807) is 6.07 Å². The summed E-state index contributed by atoms with van der Waals surface area (Å²) >= 11 is 0. The van der Waals surface area contributed by atoms with E-state index >= 15 is 0 Å². The molecule has 2 rings (SSSR count). The number of alkyl halides is 2. The van der Waals surface area contributed by atoms with E-state index in [1.165, 1.54) is 44.3 Å². The summed E-state index contributed by atoms with van der Waals surface area (Å²) in [4.78, 5) is 23.8. The summed E-state index contributed by atoms with van der Waals surface area (Å²) in [5.74, 6) is -5.97. The van der Waals surface area contributed by atoms with Crippen LogP contribution in [0.1, 0.15) is 27.4 Å². The normalized spacial score (nSPS) is 11.3. The van der Waals surface area contributed by atoms with Crippen LogP contribution in [-0.2, 0) is 17.3 Å². The molecule has 1 aromatic carbocycles. The van der Waals surface area contributed by atoms with Crippen molar-refractivity contribution in [3.05, 3.63) is 59.0 Å². The highest BCUT2D eigenvalue weighted by atomic mass is 19.3. The van der Waals surface area contributed by atoms with Crippen molar-refractivity contribution in [2.45, 2.75) is 19.4 Å². The van der Waals surface area contributed by atoms with E-state index in [9.17, 15) is 18.4 Å². The SMILES string of the molecule is Cc1oc(CN(C)C(=O)C(F)(F)c2ccccc2)cc1C(=O)O. The number of carboxylic acid groups (broad SMARTS) is 1. The van der Waals surface area contributed by atoms with Crippen molar-refractivity contribution in [3.8, 4) is 0 Å². The number of furan rings is 1. The standard InChI is InChI=1S/C16H15F2NO4/c1-10-13(14(20)21)8-12(23-10)9-19(2)15(22)16(17,18)11-6-4-3-5-7-11/h3-8H,9H2,1-2H3,(H,20,21). The van der Waals surface area contributed by atoms with E-state index < -0.39 is 23.4 Å². The fourth-order valence-electron chi connectivity index (χ4n) is 2.15. The number of likely N-dealkylation sites (N-methyl/N-ethyl adjacent to an activating group) is 1. The predicted octanol–water partition coefficient (Wildman–Crippen LogP) is 3.04. The van der Waals surface area contributed by atoms with Gasteiger partial charge in [-0.15, -0.1) is 0 Å². The highest BCUT2D eigenvalue weighted by molar-refractivity contribution is 5.89. The Balaban J connectivity index is 2.17. The van der Waals surface area contributed by atoms with Crippen LogP contribution in [0.15, 0.2) is 40.8 Å². The number of halogens is 2. The van der Waals surface area contributed by atoms with E-state index in [0.717, 1.165) is 4.90 Å². The Kier molecular flexibility index (Phi) is 4.49. The van der Waals surface area contributed by atoms with Crippen LogP contribution in [0.4, 0.5) is 8.78 Å². The summed E-state index contributed by atoms with van der Waals surface area (Å²) < 4.78 is 33.6. The van der Waals surface area contributed by atoms with Crippen molar-refractivity contribution in [2.24, 2.45) is 0 Å². The van der Waals surface area contributed by atoms with Crippen molar-refractivity contribution in [1.82, 2.24) is 4.90 Å². The lowest BCUT2D eigenvalue weighted by molar-refractivity contribution is -0.158. The number of carbonyl (C=O) groups excluding carboxylic acids is 1. The van der Waals surface area contributed by atoms with Gasteiger partial charge in [0, 0.05) is 12.6 Å². The molecule has 0 fully saturated rings. The molecule has 0 aliphatic rings. The van der Waals surface area contributed by atoms with Crippen LogP contribution < -0.4 is 0 Å². The summed E-state index contributed by atoms with van der Waals surface area (Å²) in [6.07, 6.45) is 0. The molecule has 0 radical (unpaired) electrons. The Morgan fingerprint density at radius 3 is 2.39 bits per heavy atom. The average molecular weight is 323 g/mol. The molecule has 1 heterocycles. The van der Waals surface area contributed by atoms with Crippen LogP contribution in [0.2, 0.25) is 0 Å². The Labute approximate surface area is 131 Å². The molecule has 0 atom stereocenters. The molecule has 0 aliphatic carbocycles. The van der Waals surface area contributed by atoms with Crippen LogP contribution in [0.25, 0.3) is 0 Å². The third kappa shape index (κ3) is 3.39. The molecule has 0 bridgehead atoms. The largest absolute Gasteiger partial charge is 0.478 e. The zero-order chi connectivity index (χ0) is 17.2. The molecule has 1 N–H and O–H groups in total. The topological polar surface area (TPSA) is 70.8 Å². The summed E-state index contributed by atoms with van der Waals surface area (Å²) in [6, 6.07) is 7.99. The summed E-state index contributed by atoms with van der Waals surface area (Å²) in [5.41, 5.74) is -0.464. The summed E-state index contributed by atoms with van der Waals surface area (Å²) in [7, 11) is 1.21. The molecule has 5 nitrogen and oxygen atoms in total. The molecular formula is C16H15F2NO4. The number of nitrogens with zero attached hydrogens (tertiary/aromatic N) is 1. The Bertz CT molecular complexity index is 725. The number of hydrogen-bond acceptors (Lipinski definition) is 3. The third-order valence-electron chi connectivity index (χ3n) is 3.34. The van der Waals surface area contributed by atoms with Gasteiger partial charge in [-0.05, 0) is 13.0 Å². The number of amides is 1. The number of hydrogen-bond donors (Lipinski definition) is 1. The first-order chi connectivity index (χ1) is 10.7. The quantitative estimate of drug-likeness (QED) is 0.918. The van der Waals surface area contributed by atoms with Gasteiger partial charge in [0.15, 0.2) is 0 Å². The summed E-state index contributed by atoms with van der Waals surface area (Å²) in [5, 5.41) is 8.94. The van der Waals surface area contributed by atoms with Gasteiger partial charge in [0.1, 0.15) is 17.1 Å². The van der Waals surface area contributed by atoms with E-state index in [2.05, 4.69) is 0 Å². The van der Waals surface area contributed by atoms with Crippen LogP contribution in [0.3, 0.4) is 0 Å². The molecule has 7 heteroatoms. The van der Waals surface area contributed by atoms with Gasteiger partial charge in [0.25, 0.3) is 5.91 Å². The van der Waals surface area contributed by atoms with Gasteiger partial charge in [-0.3, -0.25) is 4.79 Å². The highest BCUT2D eigenvalue weighted by Gasteiger charge is 2.43. The average Bonchev–Trinajstić information content (AvgIpc) is 2.88. The smallest absolute Gasteiger partial charge is 0.349 e. The molecule has 0 spiro atoms. The van der Waals surface area contributed by atoms with Crippen molar-refractivity contribution < 1.29 is 27.9 Å². The number of aromatic carboxylic acids is 1. The monoisotopic (exact) mass is 323 g/mol. The van der Waals surface area contributed by atoms with E-state index in [-0.39, 0.29) is 23.6 Å². The first-order valence-electron chi connectivity index (χ1n) is 6.75. The first-order valence-corrected chi connectivity index (χ1v) is 6.75.